The number of nitrogens with one attached hydrogen (secondary N) is 1. The van der Waals surface area contributed by atoms with Gasteiger partial charge in [0.2, 0.25) is 0 Å². The van der Waals surface area contributed by atoms with Crippen molar-refractivity contribution in [3.63, 3.8) is 0 Å². The molecule has 1 aliphatic rings. The van der Waals surface area contributed by atoms with Gasteiger partial charge in [-0.25, -0.2) is 9.50 Å². The van der Waals surface area contributed by atoms with E-state index in [1.54, 1.807) is 10.6 Å². The first-order chi connectivity index (χ1) is 13.5. The second kappa shape index (κ2) is 7.67. The van der Waals surface area contributed by atoms with Crippen LogP contribution in [0.3, 0.4) is 0 Å². The molecule has 0 bridgehead atoms. The van der Waals surface area contributed by atoms with Crippen molar-refractivity contribution in [2.45, 2.75) is 51.2 Å². The minimum Gasteiger partial charge on any atom is -0.393 e. The second-order valence-corrected chi connectivity index (χ2v) is 7.85. The van der Waals surface area contributed by atoms with Crippen molar-refractivity contribution in [1.29, 1.82) is 0 Å². The van der Waals surface area contributed by atoms with Gasteiger partial charge in [-0.3, -0.25) is 4.79 Å². The van der Waals surface area contributed by atoms with Gasteiger partial charge in [0, 0.05) is 6.04 Å². The van der Waals surface area contributed by atoms with Crippen LogP contribution in [0.15, 0.2) is 42.7 Å². The number of rotatable bonds is 6. The number of carbonyl (C=O) groups excluding carboxylic acids is 1. The van der Waals surface area contributed by atoms with Gasteiger partial charge in [0.15, 0.2) is 0 Å². The summed E-state index contributed by atoms with van der Waals surface area (Å²) in [4.78, 5) is 21.6. The lowest BCUT2D eigenvalue weighted by atomic mass is 9.75. The highest BCUT2D eigenvalue weighted by Gasteiger charge is 2.35. The van der Waals surface area contributed by atoms with Crippen LogP contribution in [0.5, 0.6) is 0 Å². The fourth-order valence-corrected chi connectivity index (χ4v) is 3.77. The molecule has 2 aromatic heterocycles. The Morgan fingerprint density at radius 3 is 2.71 bits per heavy atom. The fourth-order valence-electron chi connectivity index (χ4n) is 3.77. The summed E-state index contributed by atoms with van der Waals surface area (Å²) in [6, 6.07) is 11.8. The van der Waals surface area contributed by atoms with Gasteiger partial charge in [-0.1, -0.05) is 44.2 Å². The van der Waals surface area contributed by atoms with Crippen LogP contribution in [-0.2, 0) is 6.42 Å². The number of hydrogen-bond donors (Lipinski definition) is 2. The molecule has 1 unspecified atom stereocenters. The molecule has 0 radical (unpaired) electrons. The molecule has 7 heteroatoms. The zero-order chi connectivity index (χ0) is 19.7. The average Bonchev–Trinajstić information content (AvgIpc) is 3.13. The fraction of sp³-hybridized carbons (Fsp3) is 0.429. The molecule has 1 aromatic carbocycles. The normalized spacial score (nSPS) is 20.1. The number of benzene rings is 1. The molecule has 28 heavy (non-hydrogen) atoms. The Kier molecular flexibility index (Phi) is 5.09. The number of aliphatic hydroxyl groups excluding tert-OH is 1. The molecule has 0 aliphatic heterocycles. The zero-order valence-corrected chi connectivity index (χ0v) is 16.1. The van der Waals surface area contributed by atoms with Gasteiger partial charge in [0.05, 0.1) is 11.8 Å². The van der Waals surface area contributed by atoms with Gasteiger partial charge < -0.3 is 10.4 Å². The summed E-state index contributed by atoms with van der Waals surface area (Å²) in [5.74, 6) is 0.658. The largest absolute Gasteiger partial charge is 0.393 e. The van der Waals surface area contributed by atoms with E-state index in [4.69, 9.17) is 0 Å². The number of fused-ring (bicyclic) bond motifs is 1. The van der Waals surface area contributed by atoms with Crippen LogP contribution in [0.4, 0.5) is 0 Å². The SMILES string of the molecule is CC(C)c1cc(C(=O)NC(Cc2ccccc2)C2CC(O)C2)nc2ncnn12. The zero-order valence-electron chi connectivity index (χ0n) is 16.1. The Morgan fingerprint density at radius 2 is 2.04 bits per heavy atom. The Balaban J connectivity index is 1.58. The van der Waals surface area contributed by atoms with Crippen molar-refractivity contribution in [2.24, 2.45) is 5.92 Å². The molecule has 1 saturated carbocycles. The van der Waals surface area contributed by atoms with E-state index < -0.39 is 0 Å². The van der Waals surface area contributed by atoms with Crippen molar-refractivity contribution in [3.8, 4) is 0 Å². The van der Waals surface area contributed by atoms with Crippen molar-refractivity contribution in [3.05, 3.63) is 59.7 Å². The maximum atomic E-state index is 13.0. The van der Waals surface area contributed by atoms with Gasteiger partial charge in [-0.15, -0.1) is 0 Å². The highest BCUT2D eigenvalue weighted by molar-refractivity contribution is 5.93. The van der Waals surface area contributed by atoms with E-state index in [1.165, 1.54) is 6.33 Å². The van der Waals surface area contributed by atoms with Crippen LogP contribution < -0.4 is 5.32 Å². The van der Waals surface area contributed by atoms with Crippen molar-refractivity contribution in [2.75, 3.05) is 0 Å². The van der Waals surface area contributed by atoms with E-state index in [2.05, 4.69) is 32.5 Å². The molecule has 1 fully saturated rings. The number of amides is 1. The van der Waals surface area contributed by atoms with Crippen molar-refractivity contribution in [1.82, 2.24) is 24.9 Å². The lowest BCUT2D eigenvalue weighted by Gasteiger charge is -2.38. The number of nitrogens with zero attached hydrogens (tertiary/aromatic N) is 4. The molecule has 0 saturated heterocycles. The van der Waals surface area contributed by atoms with Crippen molar-refractivity contribution >= 4 is 11.7 Å². The quantitative estimate of drug-likeness (QED) is 0.686. The van der Waals surface area contributed by atoms with E-state index in [9.17, 15) is 9.90 Å². The van der Waals surface area contributed by atoms with E-state index >= 15 is 0 Å². The van der Waals surface area contributed by atoms with Crippen LogP contribution in [0, 0.1) is 5.92 Å². The second-order valence-electron chi connectivity index (χ2n) is 7.85. The lowest BCUT2D eigenvalue weighted by Crippen LogP contribution is -2.48. The van der Waals surface area contributed by atoms with E-state index in [-0.39, 0.29) is 29.9 Å². The van der Waals surface area contributed by atoms with Crippen LogP contribution >= 0.6 is 0 Å². The molecule has 3 aromatic rings. The predicted molar refractivity (Wildman–Crippen MR) is 105 cm³/mol. The van der Waals surface area contributed by atoms with Crippen LogP contribution in [0.2, 0.25) is 0 Å². The summed E-state index contributed by atoms with van der Waals surface area (Å²) >= 11 is 0. The number of carbonyl (C=O) groups is 1. The first kappa shape index (κ1) is 18.6. The van der Waals surface area contributed by atoms with Crippen LogP contribution in [0.1, 0.15) is 54.4 Å². The third-order valence-corrected chi connectivity index (χ3v) is 5.44. The Morgan fingerprint density at radius 1 is 1.29 bits per heavy atom. The van der Waals surface area contributed by atoms with E-state index in [0.29, 0.717) is 24.3 Å². The number of hydrogen-bond acceptors (Lipinski definition) is 5. The van der Waals surface area contributed by atoms with Gasteiger partial charge in [-0.2, -0.15) is 10.1 Å². The summed E-state index contributed by atoms with van der Waals surface area (Å²) < 4.78 is 1.67. The van der Waals surface area contributed by atoms with Gasteiger partial charge in [0.1, 0.15) is 12.0 Å². The van der Waals surface area contributed by atoms with Crippen molar-refractivity contribution < 1.29 is 9.90 Å². The Hall–Kier alpha value is -2.80. The van der Waals surface area contributed by atoms with Gasteiger partial charge in [0.25, 0.3) is 11.7 Å². The standard InChI is InChI=1S/C21H25N5O2/c1-13(2)19-11-18(25-21-22-12-23-26(19)21)20(28)24-17(15-9-16(27)10-15)8-14-6-4-3-5-7-14/h3-7,11-13,15-17,27H,8-10H2,1-2H3,(H,24,28). The topological polar surface area (TPSA) is 92.4 Å². The van der Waals surface area contributed by atoms with Crippen LogP contribution in [0.25, 0.3) is 5.78 Å². The van der Waals surface area contributed by atoms with Gasteiger partial charge in [-0.05, 0) is 42.7 Å². The molecular formula is C21H25N5O2. The minimum absolute atomic E-state index is 0.0447. The highest BCUT2D eigenvalue weighted by atomic mass is 16.3. The first-order valence-electron chi connectivity index (χ1n) is 9.74. The predicted octanol–water partition coefficient (Wildman–Crippen LogP) is 2.36. The molecule has 1 atom stereocenters. The number of aromatic nitrogens is 4. The first-order valence-corrected chi connectivity index (χ1v) is 9.74. The average molecular weight is 379 g/mol. The van der Waals surface area contributed by atoms with Crippen LogP contribution in [-0.4, -0.2) is 42.7 Å². The molecule has 0 spiro atoms. The smallest absolute Gasteiger partial charge is 0.270 e. The summed E-state index contributed by atoms with van der Waals surface area (Å²) in [5, 5.41) is 17.1. The molecule has 2 heterocycles. The Bertz CT molecular complexity index is 963. The summed E-state index contributed by atoms with van der Waals surface area (Å²) in [5.41, 5.74) is 2.41. The lowest BCUT2D eigenvalue weighted by molar-refractivity contribution is 0.0239. The molecule has 1 aliphatic carbocycles. The minimum atomic E-state index is -0.266. The third kappa shape index (κ3) is 3.75. The molecule has 4 rings (SSSR count). The maximum Gasteiger partial charge on any atom is 0.270 e. The van der Waals surface area contributed by atoms with Gasteiger partial charge >= 0.3 is 0 Å². The third-order valence-electron chi connectivity index (χ3n) is 5.44. The summed E-state index contributed by atoms with van der Waals surface area (Å²) in [6.07, 6.45) is 3.34. The van der Waals surface area contributed by atoms with E-state index in [0.717, 1.165) is 17.7 Å². The molecule has 2 N–H and O–H groups in total. The molecule has 7 nitrogen and oxygen atoms in total. The van der Waals surface area contributed by atoms with E-state index in [1.807, 2.05) is 32.0 Å². The Labute approximate surface area is 163 Å². The molecular weight excluding hydrogens is 354 g/mol. The summed E-state index contributed by atoms with van der Waals surface area (Å²) in [6.45, 7) is 4.10. The number of aliphatic hydroxyl groups is 1. The monoisotopic (exact) mass is 379 g/mol. The molecule has 146 valence electrons. The highest BCUT2D eigenvalue weighted by Crippen LogP contribution is 2.32. The summed E-state index contributed by atoms with van der Waals surface area (Å²) in [7, 11) is 0. The molecule has 1 amide bonds. The maximum absolute atomic E-state index is 13.0.